The summed E-state index contributed by atoms with van der Waals surface area (Å²) in [6.45, 7) is 2.61. The quantitative estimate of drug-likeness (QED) is 0.763. The second kappa shape index (κ2) is 7.76. The van der Waals surface area contributed by atoms with Gasteiger partial charge in [0.1, 0.15) is 5.75 Å². The van der Waals surface area contributed by atoms with Gasteiger partial charge in [0.15, 0.2) is 5.17 Å². The monoisotopic (exact) mass is 372 g/mol. The first-order valence-corrected chi connectivity index (χ1v) is 9.11. The molecular weight excluding hydrogens is 356 g/mol. The first-order chi connectivity index (χ1) is 12.1. The molecule has 0 saturated carbocycles. The maximum atomic E-state index is 12.7. The second-order valence-corrected chi connectivity index (χ2v) is 6.94. The highest BCUT2D eigenvalue weighted by molar-refractivity contribution is 8.18. The number of hydrogen-bond donors (Lipinski definition) is 1. The number of phenolic OH excluding ortho intramolecular Hbond substituents is 1. The molecule has 1 aliphatic rings. The van der Waals surface area contributed by atoms with E-state index in [1.54, 1.807) is 41.3 Å². The van der Waals surface area contributed by atoms with E-state index in [4.69, 9.17) is 11.6 Å². The van der Waals surface area contributed by atoms with E-state index < -0.39 is 0 Å². The van der Waals surface area contributed by atoms with Crippen LogP contribution in [0.25, 0.3) is 6.08 Å². The molecule has 4 nitrogen and oxygen atoms in total. The molecule has 0 atom stereocenters. The average Bonchev–Trinajstić information content (AvgIpc) is 2.88. The van der Waals surface area contributed by atoms with E-state index in [9.17, 15) is 9.90 Å². The smallest absolute Gasteiger partial charge is 0.266 e. The largest absolute Gasteiger partial charge is 0.507 e. The number of hydrogen-bond acceptors (Lipinski definition) is 4. The molecule has 2 aromatic carbocycles. The lowest BCUT2D eigenvalue weighted by Crippen LogP contribution is -2.29. The summed E-state index contributed by atoms with van der Waals surface area (Å²) in [5.74, 6) is 0.0522. The highest BCUT2D eigenvalue weighted by atomic mass is 35.5. The Balaban J connectivity index is 1.95. The first-order valence-electron chi connectivity index (χ1n) is 7.92. The summed E-state index contributed by atoms with van der Waals surface area (Å²) in [4.78, 5) is 19.5. The summed E-state index contributed by atoms with van der Waals surface area (Å²) in [5, 5.41) is 11.2. The van der Waals surface area contributed by atoms with Gasteiger partial charge in [-0.1, -0.05) is 36.7 Å². The summed E-state index contributed by atoms with van der Waals surface area (Å²) in [7, 11) is 0. The van der Waals surface area contributed by atoms with Crippen LogP contribution in [0.1, 0.15) is 18.9 Å². The topological polar surface area (TPSA) is 52.9 Å². The van der Waals surface area contributed by atoms with Crippen molar-refractivity contribution in [3.05, 3.63) is 64.0 Å². The maximum absolute atomic E-state index is 12.7. The molecule has 0 spiro atoms. The number of rotatable bonds is 4. The lowest BCUT2D eigenvalue weighted by Gasteiger charge is -2.13. The minimum atomic E-state index is -0.0946. The molecule has 1 N–H and O–H groups in total. The molecule has 0 aromatic heterocycles. The fraction of sp³-hybridized carbons (Fsp3) is 0.158. The molecule has 2 aromatic rings. The van der Waals surface area contributed by atoms with E-state index in [2.05, 4.69) is 4.99 Å². The molecule has 1 fully saturated rings. The van der Waals surface area contributed by atoms with Crippen LogP contribution in [0.2, 0.25) is 5.02 Å². The van der Waals surface area contributed by atoms with E-state index in [0.717, 1.165) is 12.1 Å². The van der Waals surface area contributed by atoms with Crippen LogP contribution in [0.15, 0.2) is 58.4 Å². The minimum absolute atomic E-state index is 0.0946. The number of carbonyl (C=O) groups excluding carboxylic acids is 1. The zero-order valence-corrected chi connectivity index (χ0v) is 15.2. The Morgan fingerprint density at radius 1 is 1.20 bits per heavy atom. The van der Waals surface area contributed by atoms with Crippen molar-refractivity contribution in [1.82, 2.24) is 4.90 Å². The van der Waals surface area contributed by atoms with E-state index in [1.165, 1.54) is 11.8 Å². The molecule has 0 unspecified atom stereocenters. The molecule has 3 rings (SSSR count). The summed E-state index contributed by atoms with van der Waals surface area (Å²) in [6.07, 6.45) is 2.53. The number of thioether (sulfide) groups is 1. The van der Waals surface area contributed by atoms with Gasteiger partial charge < -0.3 is 5.11 Å². The minimum Gasteiger partial charge on any atom is -0.507 e. The Morgan fingerprint density at radius 3 is 2.60 bits per heavy atom. The van der Waals surface area contributed by atoms with Gasteiger partial charge >= 0.3 is 0 Å². The third kappa shape index (κ3) is 4.06. The van der Waals surface area contributed by atoms with Crippen LogP contribution < -0.4 is 0 Å². The summed E-state index contributed by atoms with van der Waals surface area (Å²) < 4.78 is 0. The molecule has 1 heterocycles. The van der Waals surface area contributed by atoms with Crippen molar-refractivity contribution in [1.29, 1.82) is 0 Å². The average molecular weight is 373 g/mol. The number of aliphatic imine (C=N–C) groups is 1. The molecule has 6 heteroatoms. The summed E-state index contributed by atoms with van der Waals surface area (Å²) in [6, 6.07) is 14.1. The summed E-state index contributed by atoms with van der Waals surface area (Å²) in [5.41, 5.74) is 1.35. The van der Waals surface area contributed by atoms with Crippen LogP contribution in [0.3, 0.4) is 0 Å². The van der Waals surface area contributed by atoms with Crippen molar-refractivity contribution in [2.75, 3.05) is 6.54 Å². The lowest BCUT2D eigenvalue weighted by atomic mass is 10.2. The van der Waals surface area contributed by atoms with Crippen LogP contribution in [-0.2, 0) is 4.79 Å². The van der Waals surface area contributed by atoms with E-state index in [0.29, 0.717) is 27.2 Å². The molecule has 0 aliphatic carbocycles. The van der Waals surface area contributed by atoms with Crippen LogP contribution >= 0.6 is 23.4 Å². The van der Waals surface area contributed by atoms with Crippen molar-refractivity contribution in [2.45, 2.75) is 13.3 Å². The fourth-order valence-corrected chi connectivity index (χ4v) is 3.53. The van der Waals surface area contributed by atoms with Crippen LogP contribution in [0, 0.1) is 0 Å². The number of amidine groups is 1. The molecular formula is C19H17ClN2O2S. The number of amides is 1. The maximum Gasteiger partial charge on any atom is 0.266 e. The Kier molecular flexibility index (Phi) is 5.46. The van der Waals surface area contributed by atoms with Crippen molar-refractivity contribution in [3.63, 3.8) is 0 Å². The third-order valence-corrected chi connectivity index (χ3v) is 4.87. The molecule has 128 valence electrons. The third-order valence-electron chi connectivity index (χ3n) is 3.61. The van der Waals surface area contributed by atoms with Gasteiger partial charge in [-0.15, -0.1) is 0 Å². The van der Waals surface area contributed by atoms with E-state index >= 15 is 0 Å². The Hall–Kier alpha value is -2.24. The van der Waals surface area contributed by atoms with Crippen molar-refractivity contribution in [2.24, 2.45) is 4.99 Å². The predicted molar refractivity (Wildman–Crippen MR) is 104 cm³/mol. The highest BCUT2D eigenvalue weighted by Crippen LogP contribution is 2.35. The molecule has 1 aliphatic heterocycles. The molecule has 1 amide bonds. The van der Waals surface area contributed by atoms with Crippen molar-refractivity contribution >= 4 is 46.2 Å². The SMILES string of the molecule is CCCN1C(=O)/C(=C/c2ccccc2O)SC1=Nc1ccc(Cl)cc1. The number of phenols is 1. The van der Waals surface area contributed by atoms with Gasteiger partial charge in [-0.3, -0.25) is 9.69 Å². The molecule has 0 radical (unpaired) electrons. The number of carbonyl (C=O) groups is 1. The van der Waals surface area contributed by atoms with E-state index in [-0.39, 0.29) is 11.7 Å². The van der Waals surface area contributed by atoms with Crippen LogP contribution in [0.4, 0.5) is 5.69 Å². The van der Waals surface area contributed by atoms with Gasteiger partial charge in [-0.05, 0) is 54.6 Å². The summed E-state index contributed by atoms with van der Waals surface area (Å²) >= 11 is 7.22. The Morgan fingerprint density at radius 2 is 1.92 bits per heavy atom. The van der Waals surface area contributed by atoms with Crippen LogP contribution in [0.5, 0.6) is 5.75 Å². The first kappa shape index (κ1) is 17.6. The second-order valence-electron chi connectivity index (χ2n) is 5.50. The normalized spacial score (nSPS) is 17.7. The number of benzene rings is 2. The number of nitrogens with zero attached hydrogens (tertiary/aromatic N) is 2. The molecule has 0 bridgehead atoms. The van der Waals surface area contributed by atoms with Gasteiger partial charge in [0.2, 0.25) is 0 Å². The van der Waals surface area contributed by atoms with Crippen LogP contribution in [-0.4, -0.2) is 27.6 Å². The van der Waals surface area contributed by atoms with Gasteiger partial charge in [0, 0.05) is 17.1 Å². The molecule has 1 saturated heterocycles. The predicted octanol–water partition coefficient (Wildman–Crippen LogP) is 5.06. The zero-order valence-electron chi connectivity index (χ0n) is 13.6. The number of para-hydroxylation sites is 1. The van der Waals surface area contributed by atoms with Crippen molar-refractivity contribution < 1.29 is 9.90 Å². The van der Waals surface area contributed by atoms with Gasteiger partial charge in [0.05, 0.1) is 10.6 Å². The number of aromatic hydroxyl groups is 1. The number of halogens is 1. The zero-order chi connectivity index (χ0) is 17.8. The molecule has 25 heavy (non-hydrogen) atoms. The fourth-order valence-electron chi connectivity index (χ4n) is 2.39. The lowest BCUT2D eigenvalue weighted by molar-refractivity contribution is -0.122. The van der Waals surface area contributed by atoms with Crippen molar-refractivity contribution in [3.8, 4) is 5.75 Å². The highest BCUT2D eigenvalue weighted by Gasteiger charge is 2.32. The Bertz CT molecular complexity index is 847. The van der Waals surface area contributed by atoms with Gasteiger partial charge in [-0.25, -0.2) is 4.99 Å². The van der Waals surface area contributed by atoms with E-state index in [1.807, 2.05) is 25.1 Å². The standard InChI is InChI=1S/C19H17ClN2O2S/c1-2-11-22-18(24)17(12-13-5-3-4-6-16(13)23)25-19(22)21-15-9-7-14(20)8-10-15/h3-10,12,23H,2,11H2,1H3/b17-12-,21-19?. The van der Waals surface area contributed by atoms with Gasteiger partial charge in [-0.2, -0.15) is 0 Å². The Labute approximate surface area is 155 Å². The van der Waals surface area contributed by atoms with Gasteiger partial charge in [0.25, 0.3) is 5.91 Å².